The molecule has 0 atom stereocenters. The summed E-state index contributed by atoms with van der Waals surface area (Å²) in [7, 11) is -1.48. The standard InChI is InChI=1S/C13H17N5O2S2/c1-17-6-8-18(9-7-17)12-5-4-11(14-15-12)16-22(19,20)13-3-2-10-21-13/h2-5,10H,6-9H2,1H3,(H,14,16). The SMILES string of the molecule is CN1CCN(c2ccc(NS(=O)(=O)c3cccs3)nn2)CC1. The summed E-state index contributed by atoms with van der Waals surface area (Å²) in [5.41, 5.74) is 0. The van der Waals surface area contributed by atoms with E-state index in [1.165, 1.54) is 0 Å². The van der Waals surface area contributed by atoms with Crippen LogP contribution in [0.2, 0.25) is 0 Å². The van der Waals surface area contributed by atoms with Crippen molar-refractivity contribution >= 4 is 33.0 Å². The second kappa shape index (κ2) is 6.19. The van der Waals surface area contributed by atoms with Gasteiger partial charge in [-0.3, -0.25) is 4.72 Å². The van der Waals surface area contributed by atoms with E-state index < -0.39 is 10.0 Å². The minimum Gasteiger partial charge on any atom is -0.353 e. The molecule has 2 aromatic heterocycles. The third-order valence-corrected chi connectivity index (χ3v) is 6.23. The topological polar surface area (TPSA) is 78.4 Å². The Morgan fingerprint density at radius 1 is 1.14 bits per heavy atom. The third kappa shape index (κ3) is 3.37. The number of sulfonamides is 1. The number of likely N-dealkylation sites (N-methyl/N-ethyl adjacent to an activating group) is 1. The first-order valence-electron chi connectivity index (χ1n) is 6.88. The lowest BCUT2D eigenvalue weighted by Gasteiger charge is -2.32. The molecule has 3 heterocycles. The van der Waals surface area contributed by atoms with Gasteiger partial charge in [-0.1, -0.05) is 6.07 Å². The van der Waals surface area contributed by atoms with Crippen LogP contribution in [0.1, 0.15) is 0 Å². The van der Waals surface area contributed by atoms with Gasteiger partial charge in [0.05, 0.1) is 0 Å². The second-order valence-corrected chi connectivity index (χ2v) is 7.96. The number of hydrogen-bond donors (Lipinski definition) is 1. The summed E-state index contributed by atoms with van der Waals surface area (Å²) >= 11 is 1.16. The fourth-order valence-electron chi connectivity index (χ4n) is 2.19. The number of nitrogens with zero attached hydrogens (tertiary/aromatic N) is 4. The van der Waals surface area contributed by atoms with E-state index in [1.807, 2.05) is 0 Å². The van der Waals surface area contributed by atoms with Crippen molar-refractivity contribution in [1.82, 2.24) is 15.1 Å². The van der Waals surface area contributed by atoms with Crippen LogP contribution in [0.5, 0.6) is 0 Å². The summed E-state index contributed by atoms with van der Waals surface area (Å²) < 4.78 is 26.9. The predicted molar refractivity (Wildman–Crippen MR) is 86.9 cm³/mol. The lowest BCUT2D eigenvalue weighted by molar-refractivity contribution is 0.312. The highest BCUT2D eigenvalue weighted by Crippen LogP contribution is 2.20. The molecule has 1 fully saturated rings. The maximum absolute atomic E-state index is 12.1. The molecule has 1 saturated heterocycles. The molecule has 0 radical (unpaired) electrons. The van der Waals surface area contributed by atoms with Crippen LogP contribution >= 0.6 is 11.3 Å². The average Bonchev–Trinajstić information content (AvgIpc) is 3.04. The molecule has 1 aliphatic rings. The van der Waals surface area contributed by atoms with Crippen molar-refractivity contribution in [2.45, 2.75) is 4.21 Å². The number of piperazine rings is 1. The molecular formula is C13H17N5O2S2. The van der Waals surface area contributed by atoms with Crippen LogP contribution in [0.4, 0.5) is 11.6 Å². The molecule has 0 saturated carbocycles. The van der Waals surface area contributed by atoms with Gasteiger partial charge in [0, 0.05) is 26.2 Å². The zero-order valence-electron chi connectivity index (χ0n) is 12.1. The average molecular weight is 339 g/mol. The molecule has 0 aromatic carbocycles. The highest BCUT2D eigenvalue weighted by atomic mass is 32.2. The Bertz CT molecular complexity index is 707. The molecule has 7 nitrogen and oxygen atoms in total. The number of nitrogens with one attached hydrogen (secondary N) is 1. The lowest BCUT2D eigenvalue weighted by Crippen LogP contribution is -2.44. The first kappa shape index (κ1) is 15.2. The van der Waals surface area contributed by atoms with Crippen LogP contribution in [-0.2, 0) is 10.0 Å². The Balaban J connectivity index is 1.70. The van der Waals surface area contributed by atoms with Crippen LogP contribution in [0, 0.1) is 0 Å². The van der Waals surface area contributed by atoms with E-state index in [9.17, 15) is 8.42 Å². The van der Waals surface area contributed by atoms with Crippen molar-refractivity contribution in [3.63, 3.8) is 0 Å². The third-order valence-electron chi connectivity index (χ3n) is 3.48. The van der Waals surface area contributed by atoms with Gasteiger partial charge in [-0.25, -0.2) is 8.42 Å². The fourth-order valence-corrected chi connectivity index (χ4v) is 4.18. The molecule has 9 heteroatoms. The van der Waals surface area contributed by atoms with Crippen LogP contribution < -0.4 is 9.62 Å². The van der Waals surface area contributed by atoms with Crippen molar-refractivity contribution in [3.8, 4) is 0 Å². The largest absolute Gasteiger partial charge is 0.353 e. The van der Waals surface area contributed by atoms with Crippen molar-refractivity contribution in [2.24, 2.45) is 0 Å². The Labute approximate surface area is 133 Å². The minimum absolute atomic E-state index is 0.228. The van der Waals surface area contributed by atoms with Gasteiger partial charge in [0.15, 0.2) is 11.6 Å². The van der Waals surface area contributed by atoms with Gasteiger partial charge < -0.3 is 9.80 Å². The highest BCUT2D eigenvalue weighted by Gasteiger charge is 2.18. The molecule has 0 unspecified atom stereocenters. The van der Waals surface area contributed by atoms with Crippen molar-refractivity contribution in [1.29, 1.82) is 0 Å². The van der Waals surface area contributed by atoms with E-state index in [0.717, 1.165) is 43.3 Å². The summed E-state index contributed by atoms with van der Waals surface area (Å²) in [5, 5.41) is 9.82. The molecule has 0 amide bonds. The maximum Gasteiger partial charge on any atom is 0.272 e. The van der Waals surface area contributed by atoms with Crippen molar-refractivity contribution in [2.75, 3.05) is 42.8 Å². The molecule has 0 spiro atoms. The number of anilines is 2. The molecule has 118 valence electrons. The monoisotopic (exact) mass is 339 g/mol. The van der Waals surface area contributed by atoms with E-state index >= 15 is 0 Å². The van der Waals surface area contributed by atoms with Gasteiger partial charge in [-0.15, -0.1) is 21.5 Å². The number of thiophene rings is 1. The Morgan fingerprint density at radius 2 is 1.91 bits per heavy atom. The van der Waals surface area contributed by atoms with Crippen LogP contribution in [0.25, 0.3) is 0 Å². The van der Waals surface area contributed by atoms with Gasteiger partial charge in [0.1, 0.15) is 4.21 Å². The van der Waals surface area contributed by atoms with Gasteiger partial charge in [-0.05, 0) is 30.6 Å². The molecule has 3 rings (SSSR count). The molecule has 2 aromatic rings. The molecular weight excluding hydrogens is 322 g/mol. The zero-order valence-corrected chi connectivity index (χ0v) is 13.8. The van der Waals surface area contributed by atoms with Crippen LogP contribution in [0.15, 0.2) is 33.9 Å². The Kier molecular flexibility index (Phi) is 4.27. The van der Waals surface area contributed by atoms with E-state index in [4.69, 9.17) is 0 Å². The van der Waals surface area contributed by atoms with Crippen LogP contribution in [-0.4, -0.2) is 56.7 Å². The molecule has 1 aliphatic heterocycles. The van der Waals surface area contributed by atoms with E-state index in [0.29, 0.717) is 0 Å². The van der Waals surface area contributed by atoms with Crippen LogP contribution in [0.3, 0.4) is 0 Å². The normalized spacial score (nSPS) is 16.7. The summed E-state index contributed by atoms with van der Waals surface area (Å²) in [6, 6.07) is 6.69. The smallest absolute Gasteiger partial charge is 0.272 e. The van der Waals surface area contributed by atoms with Gasteiger partial charge in [0.2, 0.25) is 0 Å². The molecule has 0 bridgehead atoms. The van der Waals surface area contributed by atoms with E-state index in [2.05, 4.69) is 31.8 Å². The molecule has 22 heavy (non-hydrogen) atoms. The lowest BCUT2D eigenvalue weighted by atomic mass is 10.3. The number of rotatable bonds is 4. The Hall–Kier alpha value is -1.71. The van der Waals surface area contributed by atoms with Gasteiger partial charge in [0.25, 0.3) is 10.0 Å². The molecule has 1 N–H and O–H groups in total. The van der Waals surface area contributed by atoms with E-state index in [-0.39, 0.29) is 10.0 Å². The summed E-state index contributed by atoms with van der Waals surface area (Å²) in [6.07, 6.45) is 0. The van der Waals surface area contributed by atoms with Gasteiger partial charge >= 0.3 is 0 Å². The number of aromatic nitrogens is 2. The summed E-state index contributed by atoms with van der Waals surface area (Å²) in [4.78, 5) is 4.40. The first-order valence-corrected chi connectivity index (χ1v) is 9.24. The van der Waals surface area contributed by atoms with Crippen molar-refractivity contribution < 1.29 is 8.42 Å². The summed E-state index contributed by atoms with van der Waals surface area (Å²) in [5.74, 6) is 0.999. The zero-order chi connectivity index (χ0) is 15.6. The Morgan fingerprint density at radius 3 is 2.50 bits per heavy atom. The van der Waals surface area contributed by atoms with Crippen molar-refractivity contribution in [3.05, 3.63) is 29.6 Å². The summed E-state index contributed by atoms with van der Waals surface area (Å²) in [6.45, 7) is 3.75. The quantitative estimate of drug-likeness (QED) is 0.898. The van der Waals surface area contributed by atoms with E-state index in [1.54, 1.807) is 29.6 Å². The second-order valence-electron chi connectivity index (χ2n) is 5.10. The number of hydrogen-bond acceptors (Lipinski definition) is 7. The predicted octanol–water partition coefficient (Wildman–Crippen LogP) is 1.09. The first-order chi connectivity index (χ1) is 10.5. The van der Waals surface area contributed by atoms with Gasteiger partial charge in [-0.2, -0.15) is 0 Å². The molecule has 0 aliphatic carbocycles. The minimum atomic E-state index is -3.57. The maximum atomic E-state index is 12.1. The highest BCUT2D eigenvalue weighted by molar-refractivity contribution is 7.94. The fraction of sp³-hybridized carbons (Fsp3) is 0.385.